The van der Waals surface area contributed by atoms with Crippen molar-refractivity contribution in [2.75, 3.05) is 11.9 Å². The molecule has 0 radical (unpaired) electrons. The lowest BCUT2D eigenvalue weighted by Crippen LogP contribution is -2.05. The Bertz CT molecular complexity index is 547. The summed E-state index contributed by atoms with van der Waals surface area (Å²) in [4.78, 5) is 0. The number of anilines is 1. The first kappa shape index (κ1) is 10.3. The normalized spacial score (nSPS) is 15.4. The molecule has 1 atom stereocenters. The van der Waals surface area contributed by atoms with E-state index in [1.54, 1.807) is 24.0 Å². The molecule has 1 N–H and O–H groups in total. The van der Waals surface area contributed by atoms with Crippen LogP contribution in [-0.2, 0) is 13.5 Å². The number of rotatable bonds is 2. The molecule has 0 spiro atoms. The Labute approximate surface area is 99.3 Å². The van der Waals surface area contributed by atoms with E-state index in [-0.39, 0.29) is 0 Å². The zero-order chi connectivity index (χ0) is 11.8. The van der Waals surface area contributed by atoms with Gasteiger partial charge in [-0.05, 0) is 18.1 Å². The minimum atomic E-state index is -1.12. The summed E-state index contributed by atoms with van der Waals surface area (Å²) >= 11 is 0. The number of nitrogens with one attached hydrogen (secondary N) is 1. The zero-order valence-electron chi connectivity index (χ0n) is 9.65. The van der Waals surface area contributed by atoms with Gasteiger partial charge in [-0.3, -0.25) is 4.68 Å². The van der Waals surface area contributed by atoms with E-state index in [1.807, 2.05) is 12.1 Å². The molecule has 0 aliphatic carbocycles. The maximum Gasteiger partial charge on any atom is 0.169 e. The lowest BCUT2D eigenvalue weighted by atomic mass is 10.0. The van der Waals surface area contributed by atoms with Gasteiger partial charge in [-0.15, -0.1) is 0 Å². The van der Waals surface area contributed by atoms with Crippen molar-refractivity contribution in [1.82, 2.24) is 9.78 Å². The minimum absolute atomic E-state index is 0.590. The van der Waals surface area contributed by atoms with Gasteiger partial charge >= 0.3 is 0 Å². The van der Waals surface area contributed by atoms with Gasteiger partial charge in [0, 0.05) is 31.0 Å². The quantitative estimate of drug-likeness (QED) is 0.860. The Balaban J connectivity index is 2.05. The van der Waals surface area contributed by atoms with Gasteiger partial charge in [0.2, 0.25) is 0 Å². The predicted molar refractivity (Wildman–Crippen MR) is 64.8 cm³/mol. The van der Waals surface area contributed by atoms with Crippen molar-refractivity contribution in [3.63, 3.8) is 0 Å². The summed E-state index contributed by atoms with van der Waals surface area (Å²) < 4.78 is 16.1. The molecule has 3 rings (SSSR count). The van der Waals surface area contributed by atoms with Crippen LogP contribution < -0.4 is 5.32 Å². The number of nitrogens with zero attached hydrogens (tertiary/aromatic N) is 2. The van der Waals surface area contributed by atoms with Crippen LogP contribution in [-0.4, -0.2) is 16.3 Å². The summed E-state index contributed by atoms with van der Waals surface area (Å²) in [7, 11) is 1.76. The number of benzene rings is 1. The summed E-state index contributed by atoms with van der Waals surface area (Å²) in [6.45, 7) is 0.893. The molecule has 2 heterocycles. The molecule has 88 valence electrons. The zero-order valence-corrected chi connectivity index (χ0v) is 9.65. The van der Waals surface area contributed by atoms with Crippen LogP contribution in [0.4, 0.5) is 10.1 Å². The smallest absolute Gasteiger partial charge is 0.169 e. The van der Waals surface area contributed by atoms with Gasteiger partial charge in [0.1, 0.15) is 0 Å². The number of fused-ring (bicyclic) bond motifs is 1. The summed E-state index contributed by atoms with van der Waals surface area (Å²) in [5.74, 6) is 0. The molecule has 0 fully saturated rings. The van der Waals surface area contributed by atoms with Gasteiger partial charge in [0.05, 0.1) is 5.69 Å². The first-order valence-electron chi connectivity index (χ1n) is 5.75. The number of halogens is 1. The first-order chi connectivity index (χ1) is 8.27. The largest absolute Gasteiger partial charge is 0.384 e. The molecule has 0 saturated heterocycles. The Kier molecular flexibility index (Phi) is 2.35. The average Bonchev–Trinajstić information content (AvgIpc) is 2.95. The number of para-hydroxylation sites is 1. The molecule has 17 heavy (non-hydrogen) atoms. The fourth-order valence-electron chi connectivity index (χ4n) is 2.37. The molecule has 4 heteroatoms. The van der Waals surface area contributed by atoms with Gasteiger partial charge in [-0.1, -0.05) is 18.2 Å². The third-order valence-electron chi connectivity index (χ3n) is 3.27. The van der Waals surface area contributed by atoms with Crippen LogP contribution in [0.3, 0.4) is 0 Å². The molecule has 1 aromatic heterocycles. The molecule has 1 unspecified atom stereocenters. The molecule has 3 nitrogen and oxygen atoms in total. The Morgan fingerprint density at radius 1 is 1.41 bits per heavy atom. The maximum absolute atomic E-state index is 14.5. The van der Waals surface area contributed by atoms with Crippen molar-refractivity contribution >= 4 is 5.69 Å². The van der Waals surface area contributed by atoms with Crippen LogP contribution in [0.5, 0.6) is 0 Å². The van der Waals surface area contributed by atoms with Crippen molar-refractivity contribution in [1.29, 1.82) is 0 Å². The Hall–Kier alpha value is -1.84. The molecule has 1 aliphatic rings. The van der Waals surface area contributed by atoms with E-state index in [0.29, 0.717) is 11.3 Å². The van der Waals surface area contributed by atoms with E-state index >= 15 is 0 Å². The molecule has 0 saturated carbocycles. The van der Waals surface area contributed by atoms with Gasteiger partial charge in [0.15, 0.2) is 6.17 Å². The van der Waals surface area contributed by atoms with E-state index < -0.39 is 6.17 Å². The second kappa shape index (κ2) is 3.87. The molecule has 2 aromatic rings. The van der Waals surface area contributed by atoms with Crippen LogP contribution in [0.25, 0.3) is 0 Å². The van der Waals surface area contributed by atoms with Crippen LogP contribution >= 0.6 is 0 Å². The van der Waals surface area contributed by atoms with E-state index in [4.69, 9.17) is 0 Å². The van der Waals surface area contributed by atoms with E-state index in [0.717, 1.165) is 18.7 Å². The molecule has 0 amide bonds. The van der Waals surface area contributed by atoms with Crippen molar-refractivity contribution < 1.29 is 4.39 Å². The van der Waals surface area contributed by atoms with Crippen LogP contribution in [0.2, 0.25) is 0 Å². The lowest BCUT2D eigenvalue weighted by molar-refractivity contribution is 0.381. The van der Waals surface area contributed by atoms with Gasteiger partial charge < -0.3 is 5.32 Å². The third kappa shape index (κ3) is 1.60. The number of aromatic nitrogens is 2. The van der Waals surface area contributed by atoms with E-state index in [9.17, 15) is 4.39 Å². The molecular formula is C13H14FN3. The van der Waals surface area contributed by atoms with Crippen molar-refractivity contribution in [2.24, 2.45) is 7.05 Å². The summed E-state index contributed by atoms with van der Waals surface area (Å²) in [5.41, 5.74) is 3.46. The lowest BCUT2D eigenvalue weighted by Gasteiger charge is -2.13. The Morgan fingerprint density at radius 3 is 3.06 bits per heavy atom. The van der Waals surface area contributed by atoms with E-state index in [2.05, 4.69) is 16.5 Å². The van der Waals surface area contributed by atoms with Crippen LogP contribution in [0, 0.1) is 0 Å². The highest BCUT2D eigenvalue weighted by atomic mass is 19.1. The first-order valence-corrected chi connectivity index (χ1v) is 5.75. The number of aryl methyl sites for hydroxylation is 1. The van der Waals surface area contributed by atoms with Crippen LogP contribution in [0.1, 0.15) is 23.0 Å². The van der Waals surface area contributed by atoms with Gasteiger partial charge in [-0.2, -0.15) is 5.10 Å². The SMILES string of the molecule is Cn1nccc1C(F)c1cccc2c1NCC2. The molecule has 1 aromatic carbocycles. The van der Waals surface area contributed by atoms with Crippen LogP contribution in [0.15, 0.2) is 30.5 Å². The number of hydrogen-bond acceptors (Lipinski definition) is 2. The summed E-state index contributed by atoms with van der Waals surface area (Å²) in [6, 6.07) is 7.53. The molecular weight excluding hydrogens is 217 g/mol. The van der Waals surface area contributed by atoms with Crippen molar-refractivity contribution in [3.05, 3.63) is 47.3 Å². The fourth-order valence-corrected chi connectivity index (χ4v) is 2.37. The summed E-state index contributed by atoms with van der Waals surface area (Å²) in [5, 5.41) is 7.27. The van der Waals surface area contributed by atoms with Crippen molar-refractivity contribution in [3.8, 4) is 0 Å². The fraction of sp³-hybridized carbons (Fsp3) is 0.308. The molecule has 1 aliphatic heterocycles. The third-order valence-corrected chi connectivity index (χ3v) is 3.27. The van der Waals surface area contributed by atoms with E-state index in [1.165, 1.54) is 5.56 Å². The monoisotopic (exact) mass is 231 g/mol. The average molecular weight is 231 g/mol. The second-order valence-corrected chi connectivity index (χ2v) is 4.30. The Morgan fingerprint density at radius 2 is 2.29 bits per heavy atom. The number of alkyl halides is 1. The highest BCUT2D eigenvalue weighted by Crippen LogP contribution is 2.35. The topological polar surface area (TPSA) is 29.9 Å². The highest BCUT2D eigenvalue weighted by Gasteiger charge is 2.23. The van der Waals surface area contributed by atoms with Gasteiger partial charge in [0.25, 0.3) is 0 Å². The predicted octanol–water partition coefficient (Wildman–Crippen LogP) is 2.45. The number of hydrogen-bond donors (Lipinski definition) is 1. The second-order valence-electron chi connectivity index (χ2n) is 4.30. The molecule has 0 bridgehead atoms. The minimum Gasteiger partial charge on any atom is -0.384 e. The summed E-state index contributed by atoms with van der Waals surface area (Å²) in [6.07, 6.45) is 1.47. The standard InChI is InChI=1S/C13H14FN3/c1-17-11(6-8-16-17)12(14)10-4-2-3-9-5-7-15-13(9)10/h2-4,6,8,12,15H,5,7H2,1H3. The van der Waals surface area contributed by atoms with Gasteiger partial charge in [-0.25, -0.2) is 4.39 Å². The highest BCUT2D eigenvalue weighted by molar-refractivity contribution is 5.62. The maximum atomic E-state index is 14.5. The van der Waals surface area contributed by atoms with Crippen molar-refractivity contribution in [2.45, 2.75) is 12.6 Å².